The van der Waals surface area contributed by atoms with Crippen LogP contribution in [0, 0.1) is 0 Å². The lowest BCUT2D eigenvalue weighted by Crippen LogP contribution is -2.43. The highest BCUT2D eigenvalue weighted by molar-refractivity contribution is 7.14. The van der Waals surface area contributed by atoms with Gasteiger partial charge in [0, 0.05) is 24.0 Å². The molecule has 1 fully saturated rings. The van der Waals surface area contributed by atoms with Crippen LogP contribution in [0.15, 0.2) is 52.3 Å². The van der Waals surface area contributed by atoms with Crippen molar-refractivity contribution in [2.75, 3.05) is 0 Å². The maximum absolute atomic E-state index is 12.3. The van der Waals surface area contributed by atoms with Gasteiger partial charge in [-0.3, -0.25) is 9.59 Å². The lowest BCUT2D eigenvalue weighted by atomic mass is 9.93. The van der Waals surface area contributed by atoms with Gasteiger partial charge in [-0.15, -0.1) is 10.2 Å². The van der Waals surface area contributed by atoms with Crippen molar-refractivity contribution >= 4 is 11.3 Å². The van der Waals surface area contributed by atoms with Crippen LogP contribution in [-0.2, 0) is 6.54 Å². The Morgan fingerprint density at radius 3 is 2.54 bits per heavy atom. The third-order valence-corrected chi connectivity index (χ3v) is 5.30. The Balaban J connectivity index is 1.60. The van der Waals surface area contributed by atoms with Gasteiger partial charge in [0.1, 0.15) is 10.0 Å². The molecule has 2 aromatic heterocycles. The number of benzene rings is 1. The van der Waals surface area contributed by atoms with E-state index in [-0.39, 0.29) is 12.6 Å². The van der Waals surface area contributed by atoms with Crippen LogP contribution in [0.25, 0.3) is 10.6 Å². The molecule has 4 rings (SSSR count). The highest BCUT2D eigenvalue weighted by atomic mass is 32.1. The molecule has 1 saturated carbocycles. The molecular weight excluding hydrogens is 324 g/mol. The minimum Gasteiger partial charge on any atom is -0.306 e. The molecule has 122 valence electrons. The fourth-order valence-electron chi connectivity index (χ4n) is 2.76. The second kappa shape index (κ2) is 6.16. The Labute approximate surface area is 142 Å². The minimum atomic E-state index is -0.499. The van der Waals surface area contributed by atoms with Crippen LogP contribution in [0.5, 0.6) is 0 Å². The second-order valence-corrected chi connectivity index (χ2v) is 6.96. The highest BCUT2D eigenvalue weighted by Crippen LogP contribution is 2.29. The quantitative estimate of drug-likeness (QED) is 0.683. The van der Waals surface area contributed by atoms with E-state index in [1.54, 1.807) is 17.0 Å². The van der Waals surface area contributed by atoms with Gasteiger partial charge in [0.05, 0.1) is 6.54 Å². The van der Waals surface area contributed by atoms with Crippen LogP contribution in [-0.4, -0.2) is 19.3 Å². The summed E-state index contributed by atoms with van der Waals surface area (Å²) in [6.07, 6.45) is 6.45. The molecule has 0 spiro atoms. The van der Waals surface area contributed by atoms with E-state index in [0.717, 1.165) is 29.8 Å². The first-order valence-electron chi connectivity index (χ1n) is 7.92. The van der Waals surface area contributed by atoms with E-state index >= 15 is 0 Å². The van der Waals surface area contributed by atoms with Gasteiger partial charge in [0.2, 0.25) is 0 Å². The predicted octanol–water partition coefficient (Wildman–Crippen LogP) is 2.30. The largest absolute Gasteiger partial charge is 0.316 e. The van der Waals surface area contributed by atoms with E-state index < -0.39 is 11.1 Å². The molecule has 2 heterocycles. The van der Waals surface area contributed by atoms with Gasteiger partial charge in [-0.2, -0.15) is 0 Å². The molecular formula is C17H16N4O2S. The maximum Gasteiger partial charge on any atom is 0.316 e. The summed E-state index contributed by atoms with van der Waals surface area (Å²) in [5.41, 5.74) is 0.0462. The second-order valence-electron chi connectivity index (χ2n) is 5.90. The fourth-order valence-corrected chi connectivity index (χ4v) is 3.60. The van der Waals surface area contributed by atoms with Crippen LogP contribution in [0.2, 0.25) is 0 Å². The third-order valence-electron chi connectivity index (χ3n) is 4.35. The Bertz CT molecular complexity index is 970. The first-order valence-corrected chi connectivity index (χ1v) is 8.73. The van der Waals surface area contributed by atoms with Gasteiger partial charge in [0.25, 0.3) is 0 Å². The molecule has 6 nitrogen and oxygen atoms in total. The van der Waals surface area contributed by atoms with Crippen LogP contribution in [0.4, 0.5) is 0 Å². The minimum absolute atomic E-state index is 0.186. The van der Waals surface area contributed by atoms with E-state index in [4.69, 9.17) is 0 Å². The zero-order valence-electron chi connectivity index (χ0n) is 13.0. The molecule has 0 bridgehead atoms. The van der Waals surface area contributed by atoms with Crippen molar-refractivity contribution in [3.05, 3.63) is 68.4 Å². The summed E-state index contributed by atoms with van der Waals surface area (Å²) >= 11 is 1.43. The van der Waals surface area contributed by atoms with Gasteiger partial charge in [-0.05, 0) is 19.3 Å². The predicted molar refractivity (Wildman–Crippen MR) is 92.3 cm³/mol. The molecule has 0 aliphatic heterocycles. The standard InChI is InChI=1S/C17H16N4O2S/c22-16-17(23)21(13-7-4-8-13)10-9-20(16)11-14-18-19-15(24-14)12-5-2-1-3-6-12/h1-3,5-6,9-10,13H,4,7-8,11H2. The fraction of sp³-hybridized carbons (Fsp3) is 0.294. The first kappa shape index (κ1) is 15.0. The molecule has 7 heteroatoms. The van der Waals surface area contributed by atoms with E-state index in [1.165, 1.54) is 15.9 Å². The number of hydrogen-bond donors (Lipinski definition) is 0. The summed E-state index contributed by atoms with van der Waals surface area (Å²) in [5, 5.41) is 9.83. The van der Waals surface area contributed by atoms with E-state index in [1.807, 2.05) is 30.3 Å². The van der Waals surface area contributed by atoms with Crippen LogP contribution >= 0.6 is 11.3 Å². The van der Waals surface area contributed by atoms with Crippen molar-refractivity contribution in [2.45, 2.75) is 31.8 Å². The zero-order valence-corrected chi connectivity index (χ0v) is 13.8. The van der Waals surface area contributed by atoms with Crippen molar-refractivity contribution in [3.8, 4) is 10.6 Å². The average molecular weight is 340 g/mol. The maximum atomic E-state index is 12.3. The number of nitrogens with zero attached hydrogens (tertiary/aromatic N) is 4. The number of aromatic nitrogens is 4. The van der Waals surface area contributed by atoms with Gasteiger partial charge < -0.3 is 9.13 Å². The lowest BCUT2D eigenvalue weighted by Gasteiger charge is -2.27. The topological polar surface area (TPSA) is 69.8 Å². The normalized spacial score (nSPS) is 14.5. The van der Waals surface area contributed by atoms with Crippen molar-refractivity contribution in [3.63, 3.8) is 0 Å². The summed E-state index contributed by atoms with van der Waals surface area (Å²) < 4.78 is 2.98. The molecule has 0 saturated heterocycles. The van der Waals surface area contributed by atoms with E-state index in [2.05, 4.69) is 10.2 Å². The zero-order chi connectivity index (χ0) is 16.5. The van der Waals surface area contributed by atoms with Gasteiger partial charge in [0.15, 0.2) is 0 Å². The Morgan fingerprint density at radius 1 is 1.04 bits per heavy atom. The summed E-state index contributed by atoms with van der Waals surface area (Å²) in [7, 11) is 0. The lowest BCUT2D eigenvalue weighted by molar-refractivity contribution is 0.303. The Morgan fingerprint density at radius 2 is 1.83 bits per heavy atom. The Kier molecular flexibility index (Phi) is 3.86. The molecule has 24 heavy (non-hydrogen) atoms. The molecule has 1 aliphatic carbocycles. The summed E-state index contributed by atoms with van der Waals surface area (Å²) in [6, 6.07) is 9.96. The summed E-state index contributed by atoms with van der Waals surface area (Å²) in [4.78, 5) is 24.5. The SMILES string of the molecule is O=c1c(=O)n(C2CCC2)ccn1Cc1nnc(-c2ccccc2)s1. The summed E-state index contributed by atoms with van der Waals surface area (Å²) in [6.45, 7) is 0.268. The van der Waals surface area contributed by atoms with Crippen molar-refractivity contribution in [1.82, 2.24) is 19.3 Å². The van der Waals surface area contributed by atoms with Crippen LogP contribution < -0.4 is 11.1 Å². The highest BCUT2D eigenvalue weighted by Gasteiger charge is 2.21. The molecule has 0 N–H and O–H groups in total. The first-order chi connectivity index (χ1) is 11.7. The molecule has 3 aromatic rings. The monoisotopic (exact) mass is 340 g/mol. The average Bonchev–Trinajstić information content (AvgIpc) is 3.02. The molecule has 0 unspecified atom stereocenters. The van der Waals surface area contributed by atoms with Crippen molar-refractivity contribution < 1.29 is 0 Å². The third kappa shape index (κ3) is 2.71. The molecule has 1 aliphatic rings. The van der Waals surface area contributed by atoms with E-state index in [9.17, 15) is 9.59 Å². The molecule has 1 aromatic carbocycles. The van der Waals surface area contributed by atoms with Crippen molar-refractivity contribution in [2.24, 2.45) is 0 Å². The summed E-state index contributed by atoms with van der Waals surface area (Å²) in [5.74, 6) is 0. The van der Waals surface area contributed by atoms with Crippen molar-refractivity contribution in [1.29, 1.82) is 0 Å². The van der Waals surface area contributed by atoms with Crippen LogP contribution in [0.1, 0.15) is 30.3 Å². The Hall–Kier alpha value is -2.54. The molecule has 0 radical (unpaired) electrons. The smallest absolute Gasteiger partial charge is 0.306 e. The van der Waals surface area contributed by atoms with Crippen LogP contribution in [0.3, 0.4) is 0 Å². The van der Waals surface area contributed by atoms with Gasteiger partial charge in [-0.1, -0.05) is 41.7 Å². The molecule has 0 atom stereocenters. The van der Waals surface area contributed by atoms with Gasteiger partial charge in [-0.25, -0.2) is 0 Å². The van der Waals surface area contributed by atoms with Gasteiger partial charge >= 0.3 is 11.1 Å². The number of rotatable bonds is 4. The van der Waals surface area contributed by atoms with E-state index in [0.29, 0.717) is 5.01 Å². The molecule has 0 amide bonds. The number of hydrogen-bond acceptors (Lipinski definition) is 5.